The number of allylic oxidation sites excluding steroid dienone is 1. The second-order valence-corrected chi connectivity index (χ2v) is 5.37. The molecule has 18 heavy (non-hydrogen) atoms. The molecule has 0 spiro atoms. The van der Waals surface area contributed by atoms with Crippen molar-refractivity contribution in [1.82, 2.24) is 0 Å². The maximum Gasteiger partial charge on any atom is 0.170 e. The summed E-state index contributed by atoms with van der Waals surface area (Å²) in [4.78, 5) is 3.67. The van der Waals surface area contributed by atoms with Gasteiger partial charge < -0.3 is 10.5 Å². The van der Waals surface area contributed by atoms with Crippen LogP contribution in [0.25, 0.3) is 0 Å². The third-order valence-electron chi connectivity index (χ3n) is 3.28. The van der Waals surface area contributed by atoms with Gasteiger partial charge in [-0.1, -0.05) is 37.9 Å². The van der Waals surface area contributed by atoms with Crippen LogP contribution in [0.1, 0.15) is 40.5 Å². The number of nitrogens with two attached hydrogens (primary N) is 1. The van der Waals surface area contributed by atoms with Crippen LogP contribution >= 0.6 is 11.6 Å². The Hall–Kier alpha value is -0.800. The number of halogens is 1. The van der Waals surface area contributed by atoms with Gasteiger partial charge in [0.15, 0.2) is 10.9 Å². The maximum atomic E-state index is 6.30. The van der Waals surface area contributed by atoms with Crippen LogP contribution in [0.15, 0.2) is 27.6 Å². The summed E-state index contributed by atoms with van der Waals surface area (Å²) in [6.07, 6.45) is 3.60. The zero-order valence-corrected chi connectivity index (χ0v) is 12.8. The summed E-state index contributed by atoms with van der Waals surface area (Å²) < 4.78 is 5.21. The molecule has 0 aliphatic rings. The van der Waals surface area contributed by atoms with Gasteiger partial charge in [-0.05, 0) is 38.5 Å². The number of ether oxygens (including phenoxy) is 1. The highest BCUT2D eigenvalue weighted by molar-refractivity contribution is 6.30. The minimum atomic E-state index is -0.241. The van der Waals surface area contributed by atoms with Gasteiger partial charge in [0.25, 0.3) is 0 Å². The fourth-order valence-corrected chi connectivity index (χ4v) is 1.57. The molecule has 0 aliphatic heterocycles. The van der Waals surface area contributed by atoms with E-state index in [0.29, 0.717) is 11.7 Å². The quantitative estimate of drug-likeness (QED) is 0.331. The molecule has 1 unspecified atom stereocenters. The Balaban J connectivity index is 5.15. The highest BCUT2D eigenvalue weighted by Gasteiger charge is 2.24. The van der Waals surface area contributed by atoms with Gasteiger partial charge in [0.1, 0.15) is 0 Å². The molecule has 3 nitrogen and oxygen atoms in total. The lowest BCUT2D eigenvalue weighted by Crippen LogP contribution is -2.42. The van der Waals surface area contributed by atoms with Gasteiger partial charge in [-0.15, -0.1) is 0 Å². The molecule has 0 aromatic heterocycles. The highest BCUT2D eigenvalue weighted by atomic mass is 35.5. The van der Waals surface area contributed by atoms with Gasteiger partial charge in [0.2, 0.25) is 0 Å². The zero-order chi connectivity index (χ0) is 14.3. The number of nitrogens with zero attached hydrogens (tertiary/aromatic N) is 1. The van der Waals surface area contributed by atoms with E-state index >= 15 is 0 Å². The van der Waals surface area contributed by atoms with Crippen molar-refractivity contribution in [2.45, 2.75) is 46.1 Å². The Morgan fingerprint density at radius 3 is 2.44 bits per heavy atom. The largest absolute Gasteiger partial charge is 0.494 e. The third-order valence-corrected chi connectivity index (χ3v) is 3.58. The van der Waals surface area contributed by atoms with Crippen LogP contribution in [0.4, 0.5) is 0 Å². The standard InChI is InChI=1S/C14H25ClN2O/c1-7-11(9-14(4,16)10(2)3)8-12(18-6)13(15)17-5/h8,10H,5,7,9,16H2,1-4,6H3/b11-8+,13-12+. The Morgan fingerprint density at radius 2 is 2.11 bits per heavy atom. The van der Waals surface area contributed by atoms with Crippen LogP contribution in [0, 0.1) is 5.92 Å². The fourth-order valence-electron chi connectivity index (χ4n) is 1.44. The van der Waals surface area contributed by atoms with Crippen molar-refractivity contribution in [3.63, 3.8) is 0 Å². The van der Waals surface area contributed by atoms with E-state index in [2.05, 4.69) is 39.4 Å². The van der Waals surface area contributed by atoms with E-state index in [1.807, 2.05) is 6.08 Å². The molecule has 0 bridgehead atoms. The van der Waals surface area contributed by atoms with Crippen molar-refractivity contribution in [2.24, 2.45) is 16.6 Å². The van der Waals surface area contributed by atoms with Crippen LogP contribution in [0.2, 0.25) is 0 Å². The first kappa shape index (κ1) is 17.2. The van der Waals surface area contributed by atoms with Gasteiger partial charge in [0.05, 0.1) is 7.11 Å². The molecule has 0 aromatic rings. The molecular weight excluding hydrogens is 248 g/mol. The Bertz CT molecular complexity index is 344. The first-order chi connectivity index (χ1) is 8.28. The maximum absolute atomic E-state index is 6.30. The molecule has 1 atom stereocenters. The van der Waals surface area contributed by atoms with Crippen molar-refractivity contribution in [1.29, 1.82) is 0 Å². The number of hydrogen-bond acceptors (Lipinski definition) is 3. The predicted octanol–water partition coefficient (Wildman–Crippen LogP) is 3.84. The normalized spacial score (nSPS) is 17.2. The van der Waals surface area contributed by atoms with Gasteiger partial charge >= 0.3 is 0 Å². The summed E-state index contributed by atoms with van der Waals surface area (Å²) in [7, 11) is 1.57. The van der Waals surface area contributed by atoms with E-state index in [4.69, 9.17) is 22.1 Å². The molecule has 0 radical (unpaired) electrons. The minimum absolute atomic E-state index is 0.241. The average Bonchev–Trinajstić information content (AvgIpc) is 2.32. The van der Waals surface area contributed by atoms with E-state index in [1.165, 1.54) is 5.57 Å². The number of rotatable bonds is 7. The SMILES string of the molecule is C=N/C(Cl)=C(\C=C(/CC)CC(C)(N)C(C)C)OC. The second kappa shape index (κ2) is 7.59. The molecule has 2 N–H and O–H groups in total. The van der Waals surface area contributed by atoms with E-state index in [1.54, 1.807) is 7.11 Å². The van der Waals surface area contributed by atoms with Crippen molar-refractivity contribution in [3.8, 4) is 0 Å². The molecule has 104 valence electrons. The van der Waals surface area contributed by atoms with Gasteiger partial charge in [-0.3, -0.25) is 0 Å². The van der Waals surface area contributed by atoms with Crippen LogP contribution < -0.4 is 5.73 Å². The molecule has 0 heterocycles. The minimum Gasteiger partial charge on any atom is -0.494 e. The molecule has 0 fully saturated rings. The highest BCUT2D eigenvalue weighted by Crippen LogP contribution is 2.25. The number of aliphatic imine (C=N–C) groups is 1. The van der Waals surface area contributed by atoms with Crippen LogP contribution in [-0.4, -0.2) is 19.4 Å². The molecule has 0 amide bonds. The summed E-state index contributed by atoms with van der Waals surface area (Å²) in [5, 5.41) is 0.270. The first-order valence-corrected chi connectivity index (χ1v) is 6.55. The first-order valence-electron chi connectivity index (χ1n) is 6.17. The smallest absolute Gasteiger partial charge is 0.170 e. The van der Waals surface area contributed by atoms with Crippen LogP contribution in [0.3, 0.4) is 0 Å². The van der Waals surface area contributed by atoms with Crippen molar-refractivity contribution >= 4 is 18.3 Å². The van der Waals surface area contributed by atoms with Crippen LogP contribution in [0.5, 0.6) is 0 Å². The summed E-state index contributed by atoms with van der Waals surface area (Å²) in [5.41, 5.74) is 7.24. The van der Waals surface area contributed by atoms with Crippen molar-refractivity contribution in [3.05, 3.63) is 22.6 Å². The number of hydrogen-bond donors (Lipinski definition) is 1. The summed E-state index contributed by atoms with van der Waals surface area (Å²) in [5.74, 6) is 0.929. The molecule has 0 saturated carbocycles. The second-order valence-electron chi connectivity index (χ2n) is 5.01. The van der Waals surface area contributed by atoms with Crippen LogP contribution in [-0.2, 0) is 4.74 Å². The lowest BCUT2D eigenvalue weighted by Gasteiger charge is -2.30. The molecule has 0 aromatic carbocycles. The topological polar surface area (TPSA) is 47.6 Å². The summed E-state index contributed by atoms with van der Waals surface area (Å²) in [6, 6.07) is 0. The average molecular weight is 273 g/mol. The number of methoxy groups -OCH3 is 1. The van der Waals surface area contributed by atoms with Gasteiger partial charge in [-0.25, -0.2) is 4.99 Å². The Morgan fingerprint density at radius 1 is 1.56 bits per heavy atom. The fraction of sp³-hybridized carbons (Fsp3) is 0.643. The van der Waals surface area contributed by atoms with E-state index < -0.39 is 0 Å². The lowest BCUT2D eigenvalue weighted by molar-refractivity contribution is 0.301. The molecule has 0 rings (SSSR count). The summed E-state index contributed by atoms with van der Waals surface area (Å²) in [6.45, 7) is 11.8. The van der Waals surface area contributed by atoms with E-state index in [0.717, 1.165) is 12.8 Å². The predicted molar refractivity (Wildman–Crippen MR) is 79.9 cm³/mol. The zero-order valence-electron chi connectivity index (χ0n) is 12.1. The summed E-state index contributed by atoms with van der Waals surface area (Å²) >= 11 is 5.92. The third kappa shape index (κ3) is 5.23. The lowest BCUT2D eigenvalue weighted by atomic mass is 9.83. The van der Waals surface area contributed by atoms with E-state index in [9.17, 15) is 0 Å². The van der Waals surface area contributed by atoms with Gasteiger partial charge in [-0.2, -0.15) is 0 Å². The monoisotopic (exact) mass is 272 g/mol. The van der Waals surface area contributed by atoms with E-state index in [-0.39, 0.29) is 10.7 Å². The Kier molecular flexibility index (Phi) is 7.26. The molecule has 4 heteroatoms. The molecular formula is C14H25ClN2O. The van der Waals surface area contributed by atoms with Gasteiger partial charge in [0, 0.05) is 5.54 Å². The van der Waals surface area contributed by atoms with Crippen molar-refractivity contribution < 1.29 is 4.74 Å². The Labute approximate surface area is 116 Å². The van der Waals surface area contributed by atoms with Crippen molar-refractivity contribution in [2.75, 3.05) is 7.11 Å². The molecule has 0 aliphatic carbocycles. The molecule has 0 saturated heterocycles.